The minimum atomic E-state index is 0.234. The Morgan fingerprint density at radius 3 is 2.63 bits per heavy atom. The maximum atomic E-state index is 4.61. The summed E-state index contributed by atoms with van der Waals surface area (Å²) in [6.45, 7) is 0.967. The van der Waals surface area contributed by atoms with Crippen LogP contribution in [0.15, 0.2) is 52.8 Å². The van der Waals surface area contributed by atoms with Gasteiger partial charge in [-0.1, -0.05) is 36.4 Å². The van der Waals surface area contributed by atoms with Crippen molar-refractivity contribution in [2.24, 2.45) is 4.99 Å². The number of thiophene rings is 1. The zero-order valence-corrected chi connectivity index (χ0v) is 11.7. The van der Waals surface area contributed by atoms with Gasteiger partial charge in [-0.25, -0.2) is 0 Å². The van der Waals surface area contributed by atoms with Crippen LogP contribution in [0.4, 0.5) is 0 Å². The molecule has 1 aromatic carbocycles. The van der Waals surface area contributed by atoms with Crippen molar-refractivity contribution in [3.63, 3.8) is 0 Å². The van der Waals surface area contributed by atoms with Gasteiger partial charge in [0, 0.05) is 17.8 Å². The number of nitrogens with one attached hydrogen (secondary N) is 1. The SMILES string of the molecule is c1ccc(C(NC2=NCCCC2)c2cccs2)cc1. The van der Waals surface area contributed by atoms with E-state index in [2.05, 4.69) is 58.2 Å². The summed E-state index contributed by atoms with van der Waals surface area (Å²) in [7, 11) is 0. The summed E-state index contributed by atoms with van der Waals surface area (Å²) < 4.78 is 0. The van der Waals surface area contributed by atoms with Gasteiger partial charge in [0.25, 0.3) is 0 Å². The maximum Gasteiger partial charge on any atom is 0.0970 e. The molecule has 0 amide bonds. The Kier molecular flexibility index (Phi) is 3.94. The van der Waals surface area contributed by atoms with Crippen molar-refractivity contribution in [3.05, 3.63) is 58.3 Å². The van der Waals surface area contributed by atoms with Crippen molar-refractivity contribution in [2.75, 3.05) is 6.54 Å². The lowest BCUT2D eigenvalue weighted by molar-refractivity contribution is 0.680. The van der Waals surface area contributed by atoms with Gasteiger partial charge in [0.05, 0.1) is 11.9 Å². The van der Waals surface area contributed by atoms with Crippen LogP contribution in [0.1, 0.15) is 35.7 Å². The van der Waals surface area contributed by atoms with Crippen LogP contribution < -0.4 is 5.32 Å². The predicted molar refractivity (Wildman–Crippen MR) is 81.9 cm³/mol. The molecule has 0 aliphatic carbocycles. The first kappa shape index (κ1) is 12.4. The third kappa shape index (κ3) is 3.04. The van der Waals surface area contributed by atoms with Crippen LogP contribution in [0.25, 0.3) is 0 Å². The van der Waals surface area contributed by atoms with Gasteiger partial charge in [-0.05, 0) is 29.9 Å². The topological polar surface area (TPSA) is 24.4 Å². The van der Waals surface area contributed by atoms with E-state index in [-0.39, 0.29) is 6.04 Å². The van der Waals surface area contributed by atoms with Gasteiger partial charge in [-0.3, -0.25) is 4.99 Å². The minimum Gasteiger partial charge on any atom is -0.362 e. The van der Waals surface area contributed by atoms with Crippen LogP contribution in [0, 0.1) is 0 Å². The zero-order chi connectivity index (χ0) is 12.9. The summed E-state index contributed by atoms with van der Waals surface area (Å²) in [5, 5.41) is 5.77. The smallest absolute Gasteiger partial charge is 0.0970 e. The quantitative estimate of drug-likeness (QED) is 0.895. The molecule has 0 radical (unpaired) electrons. The fraction of sp³-hybridized carbons (Fsp3) is 0.312. The Balaban J connectivity index is 1.87. The molecule has 1 N–H and O–H groups in total. The highest BCUT2D eigenvalue weighted by atomic mass is 32.1. The van der Waals surface area contributed by atoms with Crippen LogP contribution in [0.5, 0.6) is 0 Å². The molecule has 2 heterocycles. The maximum absolute atomic E-state index is 4.61. The summed E-state index contributed by atoms with van der Waals surface area (Å²) >= 11 is 1.80. The molecule has 0 bridgehead atoms. The molecule has 1 unspecified atom stereocenters. The Labute approximate surface area is 118 Å². The second-order valence-electron chi connectivity index (χ2n) is 4.79. The van der Waals surface area contributed by atoms with Gasteiger partial charge < -0.3 is 5.32 Å². The Morgan fingerprint density at radius 1 is 1.05 bits per heavy atom. The number of hydrogen-bond acceptors (Lipinski definition) is 3. The number of rotatable bonds is 3. The van der Waals surface area contributed by atoms with Crippen molar-refractivity contribution in [1.82, 2.24) is 5.32 Å². The molecule has 0 saturated carbocycles. The summed E-state index contributed by atoms with van der Waals surface area (Å²) in [5.74, 6) is 1.16. The molecule has 2 nitrogen and oxygen atoms in total. The highest BCUT2D eigenvalue weighted by Gasteiger charge is 2.17. The van der Waals surface area contributed by atoms with Crippen LogP contribution in [-0.4, -0.2) is 12.4 Å². The molecular formula is C16H18N2S. The molecule has 0 saturated heterocycles. The highest BCUT2D eigenvalue weighted by molar-refractivity contribution is 7.10. The average Bonchev–Trinajstić information content (AvgIpc) is 3.01. The molecule has 0 fully saturated rings. The lowest BCUT2D eigenvalue weighted by Gasteiger charge is -2.22. The molecule has 3 rings (SSSR count). The minimum absolute atomic E-state index is 0.234. The lowest BCUT2D eigenvalue weighted by atomic mass is 10.0. The first-order chi connectivity index (χ1) is 9.43. The Morgan fingerprint density at radius 2 is 1.95 bits per heavy atom. The fourth-order valence-corrected chi connectivity index (χ4v) is 3.20. The van der Waals surface area contributed by atoms with Crippen molar-refractivity contribution in [2.45, 2.75) is 25.3 Å². The van der Waals surface area contributed by atoms with Crippen LogP contribution in [0.2, 0.25) is 0 Å². The monoisotopic (exact) mass is 270 g/mol. The number of aliphatic imine (C=N–C) groups is 1. The Hall–Kier alpha value is -1.61. The van der Waals surface area contributed by atoms with Crippen molar-refractivity contribution >= 4 is 17.2 Å². The predicted octanol–water partition coefficient (Wildman–Crippen LogP) is 4.01. The van der Waals surface area contributed by atoms with E-state index in [1.165, 1.54) is 23.3 Å². The van der Waals surface area contributed by atoms with Crippen LogP contribution >= 0.6 is 11.3 Å². The standard InChI is InChI=1S/C16H18N2S/c1-2-7-13(8-3-1)16(14-9-6-12-19-14)18-15-10-4-5-11-17-15/h1-3,6-9,12,16H,4-5,10-11H2,(H,17,18). The van der Waals surface area contributed by atoms with E-state index in [4.69, 9.17) is 0 Å². The van der Waals surface area contributed by atoms with Gasteiger partial charge in [0.1, 0.15) is 0 Å². The lowest BCUT2D eigenvalue weighted by Crippen LogP contribution is -2.30. The van der Waals surface area contributed by atoms with Crippen LogP contribution in [-0.2, 0) is 0 Å². The van der Waals surface area contributed by atoms with Gasteiger partial charge in [-0.2, -0.15) is 0 Å². The van der Waals surface area contributed by atoms with E-state index in [0.717, 1.165) is 18.8 Å². The fourth-order valence-electron chi connectivity index (χ4n) is 2.40. The first-order valence-corrected chi connectivity index (χ1v) is 7.69. The van der Waals surface area contributed by atoms with E-state index < -0.39 is 0 Å². The van der Waals surface area contributed by atoms with E-state index >= 15 is 0 Å². The van der Waals surface area contributed by atoms with E-state index in [1.807, 2.05) is 0 Å². The third-order valence-electron chi connectivity index (χ3n) is 3.40. The summed E-state index contributed by atoms with van der Waals surface area (Å²) in [5.41, 5.74) is 1.30. The van der Waals surface area contributed by atoms with Gasteiger partial charge in [0.15, 0.2) is 0 Å². The third-order valence-corrected chi connectivity index (χ3v) is 4.33. The molecular weight excluding hydrogens is 252 g/mol. The number of amidine groups is 1. The highest BCUT2D eigenvalue weighted by Crippen LogP contribution is 2.26. The normalized spacial score (nSPS) is 16.7. The molecule has 1 aliphatic rings. The summed E-state index contributed by atoms with van der Waals surface area (Å²) in [6.07, 6.45) is 3.55. The van der Waals surface area contributed by atoms with E-state index in [0.29, 0.717) is 0 Å². The van der Waals surface area contributed by atoms with Gasteiger partial charge >= 0.3 is 0 Å². The van der Waals surface area contributed by atoms with Crippen molar-refractivity contribution in [3.8, 4) is 0 Å². The van der Waals surface area contributed by atoms with E-state index in [1.54, 1.807) is 11.3 Å². The molecule has 2 aromatic rings. The molecule has 98 valence electrons. The van der Waals surface area contributed by atoms with Gasteiger partial charge in [-0.15, -0.1) is 11.3 Å². The number of hydrogen-bond donors (Lipinski definition) is 1. The number of nitrogens with zero attached hydrogens (tertiary/aromatic N) is 1. The zero-order valence-electron chi connectivity index (χ0n) is 10.9. The summed E-state index contributed by atoms with van der Waals surface area (Å²) in [6, 6.07) is 15.2. The summed E-state index contributed by atoms with van der Waals surface area (Å²) in [4.78, 5) is 5.96. The largest absolute Gasteiger partial charge is 0.362 e. The Bertz CT molecular complexity index is 531. The molecule has 1 atom stereocenters. The second kappa shape index (κ2) is 6.02. The molecule has 3 heteroatoms. The van der Waals surface area contributed by atoms with Crippen LogP contribution in [0.3, 0.4) is 0 Å². The van der Waals surface area contributed by atoms with Crippen molar-refractivity contribution in [1.29, 1.82) is 0 Å². The van der Waals surface area contributed by atoms with Crippen molar-refractivity contribution < 1.29 is 0 Å². The second-order valence-corrected chi connectivity index (χ2v) is 5.77. The average molecular weight is 270 g/mol. The molecule has 1 aliphatic heterocycles. The molecule has 0 spiro atoms. The molecule has 1 aromatic heterocycles. The van der Waals surface area contributed by atoms with Gasteiger partial charge in [0.2, 0.25) is 0 Å². The van der Waals surface area contributed by atoms with E-state index in [9.17, 15) is 0 Å². The first-order valence-electron chi connectivity index (χ1n) is 6.82. The molecule has 19 heavy (non-hydrogen) atoms. The number of benzene rings is 1.